The lowest BCUT2D eigenvalue weighted by molar-refractivity contribution is 1.18. The minimum absolute atomic E-state index is 0.555. The lowest BCUT2D eigenvalue weighted by Crippen LogP contribution is -2.12. The molecule has 2 heterocycles. The van der Waals surface area contributed by atoms with Crippen LogP contribution in [-0.4, -0.2) is 20.8 Å². The smallest absolute Gasteiger partial charge is 0.235 e. The van der Waals surface area contributed by atoms with Crippen molar-refractivity contribution in [1.29, 1.82) is 0 Å². The molecule has 9 rings (SSSR count). The zero-order valence-electron chi connectivity index (χ0n) is 28.2. The van der Waals surface area contributed by atoms with Crippen LogP contribution in [-0.2, 0) is 0 Å². The molecule has 7 aromatic carbocycles. The molecule has 0 unspecified atom stereocenters. The summed E-state index contributed by atoms with van der Waals surface area (Å²) in [6.45, 7) is 6.55. The van der Waals surface area contributed by atoms with Gasteiger partial charge in [0.25, 0.3) is 0 Å². The molecule has 4 heteroatoms. The maximum atomic E-state index is 5.30. The van der Waals surface area contributed by atoms with E-state index in [9.17, 15) is 0 Å². The predicted octanol–water partition coefficient (Wildman–Crippen LogP) is 11.9. The van der Waals surface area contributed by atoms with Gasteiger partial charge in [-0.05, 0) is 66.1 Å². The van der Waals surface area contributed by atoms with Crippen LogP contribution in [0.4, 0.5) is 0 Å². The van der Waals surface area contributed by atoms with Gasteiger partial charge in [-0.15, -0.1) is 0 Å². The van der Waals surface area contributed by atoms with E-state index in [1.165, 1.54) is 16.3 Å². The summed E-state index contributed by atoms with van der Waals surface area (Å²) in [4.78, 5) is 10.6. The highest BCUT2D eigenvalue weighted by molar-refractivity contribution is 6.22. The van der Waals surface area contributed by atoms with E-state index in [2.05, 4.69) is 167 Å². The van der Waals surface area contributed by atoms with Gasteiger partial charge >= 0.3 is 0 Å². The SMILES string of the molecule is C=C(/N=C(\N=C(/C)c1ccccc1)n1c2ccccc2c2cc3c4ccccc4n(-c4ccccc4)c3cc21)c1cccc(-c2ccccc2)c1. The average molecular weight is 655 g/mol. The lowest BCUT2D eigenvalue weighted by atomic mass is 10.0. The summed E-state index contributed by atoms with van der Waals surface area (Å²) in [6, 6.07) is 61.5. The van der Waals surface area contributed by atoms with E-state index >= 15 is 0 Å². The first-order chi connectivity index (χ1) is 25.1. The molecular weight excluding hydrogens is 621 g/mol. The average Bonchev–Trinajstić information content (AvgIpc) is 3.69. The number of hydrogen-bond donors (Lipinski definition) is 0. The number of fused-ring (bicyclic) bond motifs is 6. The van der Waals surface area contributed by atoms with Gasteiger partial charge in [0.1, 0.15) is 0 Å². The largest absolute Gasteiger partial charge is 0.309 e. The summed E-state index contributed by atoms with van der Waals surface area (Å²) in [5.74, 6) is 0.555. The van der Waals surface area contributed by atoms with Crippen LogP contribution in [0.1, 0.15) is 18.1 Å². The second-order valence-electron chi connectivity index (χ2n) is 12.8. The molecule has 0 radical (unpaired) electrons. The second kappa shape index (κ2) is 12.6. The Morgan fingerprint density at radius 2 is 1.02 bits per heavy atom. The van der Waals surface area contributed by atoms with E-state index in [1.807, 2.05) is 31.2 Å². The Bertz CT molecular complexity index is 2800. The third-order valence-corrected chi connectivity index (χ3v) is 9.68. The number of hydrogen-bond acceptors (Lipinski definition) is 1. The van der Waals surface area contributed by atoms with E-state index in [0.29, 0.717) is 11.7 Å². The van der Waals surface area contributed by atoms with Crippen LogP contribution in [0.3, 0.4) is 0 Å². The summed E-state index contributed by atoms with van der Waals surface area (Å²) >= 11 is 0. The van der Waals surface area contributed by atoms with Crippen LogP contribution < -0.4 is 0 Å². The van der Waals surface area contributed by atoms with Crippen molar-refractivity contribution in [3.63, 3.8) is 0 Å². The molecule has 0 N–H and O–H groups in total. The summed E-state index contributed by atoms with van der Waals surface area (Å²) in [7, 11) is 0. The molecule has 0 saturated heterocycles. The van der Waals surface area contributed by atoms with Gasteiger partial charge in [-0.1, -0.05) is 140 Å². The van der Waals surface area contributed by atoms with E-state index < -0.39 is 0 Å². The van der Waals surface area contributed by atoms with Crippen molar-refractivity contribution in [2.24, 2.45) is 9.98 Å². The Morgan fingerprint density at radius 1 is 0.451 bits per heavy atom. The van der Waals surface area contributed by atoms with Gasteiger partial charge in [0.05, 0.1) is 27.8 Å². The van der Waals surface area contributed by atoms with Crippen molar-refractivity contribution in [2.45, 2.75) is 6.92 Å². The van der Waals surface area contributed by atoms with Crippen LogP contribution in [0, 0.1) is 0 Å². The van der Waals surface area contributed by atoms with Crippen LogP contribution in [0.25, 0.3) is 66.1 Å². The van der Waals surface area contributed by atoms with Crippen LogP contribution in [0.2, 0.25) is 0 Å². The predicted molar refractivity (Wildman–Crippen MR) is 216 cm³/mol. The van der Waals surface area contributed by atoms with Gasteiger partial charge in [0.15, 0.2) is 0 Å². The van der Waals surface area contributed by atoms with Crippen molar-refractivity contribution < 1.29 is 0 Å². The van der Waals surface area contributed by atoms with Gasteiger partial charge in [0, 0.05) is 38.5 Å². The quantitative estimate of drug-likeness (QED) is 0.131. The van der Waals surface area contributed by atoms with Crippen LogP contribution >= 0.6 is 0 Å². The fraction of sp³-hybridized carbons (Fsp3) is 0.0213. The summed E-state index contributed by atoms with van der Waals surface area (Å²) < 4.78 is 4.56. The highest BCUT2D eigenvalue weighted by Gasteiger charge is 2.20. The van der Waals surface area contributed by atoms with Gasteiger partial charge < -0.3 is 4.57 Å². The van der Waals surface area contributed by atoms with Crippen molar-refractivity contribution in [3.8, 4) is 16.8 Å². The molecule has 0 spiro atoms. The molecule has 9 aromatic rings. The third-order valence-electron chi connectivity index (χ3n) is 9.68. The first kappa shape index (κ1) is 30.3. The maximum absolute atomic E-state index is 5.30. The van der Waals surface area contributed by atoms with Crippen molar-refractivity contribution >= 4 is 61.0 Å². The fourth-order valence-electron chi connectivity index (χ4n) is 7.21. The van der Waals surface area contributed by atoms with Crippen LogP contribution in [0.5, 0.6) is 0 Å². The molecule has 242 valence electrons. The molecular formula is C47H34N4. The molecule has 4 nitrogen and oxygen atoms in total. The topological polar surface area (TPSA) is 34.6 Å². The van der Waals surface area contributed by atoms with Gasteiger partial charge in [-0.25, -0.2) is 9.98 Å². The highest BCUT2D eigenvalue weighted by Crippen LogP contribution is 2.38. The Morgan fingerprint density at radius 3 is 1.76 bits per heavy atom. The second-order valence-corrected chi connectivity index (χ2v) is 12.8. The van der Waals surface area contributed by atoms with E-state index in [-0.39, 0.29) is 0 Å². The van der Waals surface area contributed by atoms with Crippen molar-refractivity contribution in [3.05, 3.63) is 194 Å². The minimum Gasteiger partial charge on any atom is -0.309 e. The zero-order valence-corrected chi connectivity index (χ0v) is 28.2. The highest BCUT2D eigenvalue weighted by atomic mass is 15.2. The maximum Gasteiger partial charge on any atom is 0.235 e. The summed E-state index contributed by atoms with van der Waals surface area (Å²) in [5, 5.41) is 4.71. The third kappa shape index (κ3) is 5.34. The van der Waals surface area contributed by atoms with Crippen molar-refractivity contribution in [2.75, 3.05) is 0 Å². The number of aromatic nitrogens is 2. The van der Waals surface area contributed by atoms with Crippen LogP contribution in [0.15, 0.2) is 192 Å². The standard InChI is InChI=1S/C47H34N4/c1-32(34-17-6-3-7-18-34)48-47(49-33(2)36-21-16-22-37(29-36)35-19-8-4-9-20-35)51-44-28-15-13-26-40(44)42-30-41-39-25-12-14-27-43(39)50(45(41)31-46(42)51)38-23-10-5-11-24-38/h3-31H,2H2,1H3/b48-32+,49-47+. The molecule has 0 saturated carbocycles. The fourth-order valence-corrected chi connectivity index (χ4v) is 7.21. The molecule has 0 atom stereocenters. The summed E-state index contributed by atoms with van der Waals surface area (Å²) in [5.41, 5.74) is 11.2. The van der Waals surface area contributed by atoms with E-state index in [4.69, 9.17) is 9.98 Å². The van der Waals surface area contributed by atoms with E-state index in [1.54, 1.807) is 0 Å². The lowest BCUT2D eigenvalue weighted by Gasteiger charge is -2.12. The number of benzene rings is 7. The Labute approximate surface area is 296 Å². The van der Waals surface area contributed by atoms with Crippen molar-refractivity contribution in [1.82, 2.24) is 9.13 Å². The van der Waals surface area contributed by atoms with Gasteiger partial charge in [-0.2, -0.15) is 0 Å². The number of para-hydroxylation sites is 3. The molecule has 0 amide bonds. The zero-order chi connectivity index (χ0) is 34.3. The molecule has 0 aliphatic heterocycles. The first-order valence-corrected chi connectivity index (χ1v) is 17.2. The summed E-state index contributed by atoms with van der Waals surface area (Å²) in [6.07, 6.45) is 0. The monoisotopic (exact) mass is 654 g/mol. The Hall–Kier alpha value is -6.78. The minimum atomic E-state index is 0.555. The first-order valence-electron chi connectivity index (χ1n) is 17.2. The van der Waals surface area contributed by atoms with E-state index in [0.717, 1.165) is 61.0 Å². The Balaban J connectivity index is 1.33. The Kier molecular flexibility index (Phi) is 7.48. The molecule has 0 bridgehead atoms. The van der Waals surface area contributed by atoms with Gasteiger partial charge in [-0.3, -0.25) is 4.57 Å². The number of rotatable bonds is 5. The molecule has 0 aliphatic carbocycles. The molecule has 0 aliphatic rings. The number of aliphatic imine (C=N–C) groups is 2. The molecule has 51 heavy (non-hydrogen) atoms. The normalized spacial score (nSPS) is 12.3. The molecule has 0 fully saturated rings. The molecule has 2 aromatic heterocycles. The van der Waals surface area contributed by atoms with Gasteiger partial charge in [0.2, 0.25) is 5.96 Å². The number of nitrogens with zero attached hydrogens (tertiary/aromatic N) is 4.